The van der Waals surface area contributed by atoms with Gasteiger partial charge >= 0.3 is 0 Å². The van der Waals surface area contributed by atoms with Crippen LogP contribution in [0.5, 0.6) is 0 Å². The summed E-state index contributed by atoms with van der Waals surface area (Å²) < 4.78 is 27.7. The topological polar surface area (TPSA) is 99.9 Å². The summed E-state index contributed by atoms with van der Waals surface area (Å²) in [6.45, 7) is 1.62. The highest BCUT2D eigenvalue weighted by Crippen LogP contribution is 2.27. The summed E-state index contributed by atoms with van der Waals surface area (Å²) in [6, 6.07) is 1.06. The van der Waals surface area contributed by atoms with Crippen molar-refractivity contribution in [1.82, 2.24) is 15.0 Å². The van der Waals surface area contributed by atoms with Gasteiger partial charge < -0.3 is 5.73 Å². The molecular weight excluding hydrogens is 260 g/mol. The van der Waals surface area contributed by atoms with Crippen LogP contribution < -0.4 is 5.73 Å². The number of nitrogens with zero attached hydrogens (tertiary/aromatic N) is 4. The second-order valence-electron chi connectivity index (χ2n) is 3.86. The number of nitro groups is 1. The smallest absolute Gasteiger partial charge is 0.298 e. The van der Waals surface area contributed by atoms with Crippen LogP contribution >= 0.6 is 0 Å². The summed E-state index contributed by atoms with van der Waals surface area (Å²) in [5.41, 5.74) is 4.64. The first-order chi connectivity index (χ1) is 8.91. The van der Waals surface area contributed by atoms with Crippen molar-refractivity contribution in [3.8, 4) is 5.69 Å². The van der Waals surface area contributed by atoms with Crippen LogP contribution in [0.25, 0.3) is 5.69 Å². The van der Waals surface area contributed by atoms with E-state index in [0.717, 1.165) is 10.7 Å². The SMILES string of the molecule is CC(N)c1cn(-c2c([N+](=O)[O-])ccc(F)c2F)nn1. The van der Waals surface area contributed by atoms with Crippen molar-refractivity contribution in [1.29, 1.82) is 0 Å². The molecule has 0 bridgehead atoms. The molecule has 0 radical (unpaired) electrons. The number of benzene rings is 1. The summed E-state index contributed by atoms with van der Waals surface area (Å²) >= 11 is 0. The van der Waals surface area contributed by atoms with Crippen LogP contribution in [0.4, 0.5) is 14.5 Å². The summed E-state index contributed by atoms with van der Waals surface area (Å²) in [5, 5.41) is 18.0. The van der Waals surface area contributed by atoms with Gasteiger partial charge in [0.05, 0.1) is 16.8 Å². The molecule has 0 aliphatic carbocycles. The van der Waals surface area contributed by atoms with E-state index in [2.05, 4.69) is 10.3 Å². The van der Waals surface area contributed by atoms with Gasteiger partial charge in [0.1, 0.15) is 0 Å². The van der Waals surface area contributed by atoms with Gasteiger partial charge in [-0.2, -0.15) is 0 Å². The quantitative estimate of drug-likeness (QED) is 0.671. The van der Waals surface area contributed by atoms with Crippen molar-refractivity contribution < 1.29 is 13.7 Å². The third kappa shape index (κ3) is 2.27. The van der Waals surface area contributed by atoms with Crippen molar-refractivity contribution in [2.75, 3.05) is 0 Å². The fraction of sp³-hybridized carbons (Fsp3) is 0.200. The van der Waals surface area contributed by atoms with Gasteiger partial charge in [0, 0.05) is 12.1 Å². The molecule has 2 N–H and O–H groups in total. The van der Waals surface area contributed by atoms with Crippen LogP contribution in [-0.4, -0.2) is 19.9 Å². The number of nitro benzene ring substituents is 1. The Bertz CT molecular complexity index is 641. The lowest BCUT2D eigenvalue weighted by Gasteiger charge is -2.04. The van der Waals surface area contributed by atoms with E-state index in [-0.39, 0.29) is 0 Å². The minimum Gasteiger partial charge on any atom is -0.323 e. The zero-order valence-electron chi connectivity index (χ0n) is 9.75. The summed E-state index contributed by atoms with van der Waals surface area (Å²) in [5.74, 6) is -2.58. The summed E-state index contributed by atoms with van der Waals surface area (Å²) in [6.07, 6.45) is 1.22. The van der Waals surface area contributed by atoms with Gasteiger partial charge in [0.2, 0.25) is 0 Å². The van der Waals surface area contributed by atoms with E-state index >= 15 is 0 Å². The number of aromatic nitrogens is 3. The zero-order chi connectivity index (χ0) is 14.2. The molecule has 0 amide bonds. The second kappa shape index (κ2) is 4.69. The van der Waals surface area contributed by atoms with E-state index in [1.54, 1.807) is 6.92 Å². The zero-order valence-corrected chi connectivity index (χ0v) is 9.75. The molecule has 7 nitrogen and oxygen atoms in total. The standard InChI is InChI=1S/C10H9F2N5O2/c1-5(13)7-4-16(15-14-7)10-8(17(18)19)3-2-6(11)9(10)12/h2-5H,13H2,1H3. The Labute approximate surface area is 105 Å². The molecule has 0 aliphatic heterocycles. The minimum atomic E-state index is -1.37. The molecule has 9 heteroatoms. The van der Waals surface area contributed by atoms with Crippen LogP contribution in [0, 0.1) is 21.7 Å². The van der Waals surface area contributed by atoms with E-state index in [1.165, 1.54) is 6.20 Å². The Hall–Kier alpha value is -2.42. The number of nitrogens with two attached hydrogens (primary N) is 1. The average Bonchev–Trinajstić information content (AvgIpc) is 2.81. The van der Waals surface area contributed by atoms with E-state index in [4.69, 9.17) is 5.73 Å². The van der Waals surface area contributed by atoms with Crippen molar-refractivity contribution in [2.45, 2.75) is 13.0 Å². The molecule has 0 saturated heterocycles. The van der Waals surface area contributed by atoms with Gasteiger partial charge in [-0.05, 0) is 13.0 Å². The molecule has 19 heavy (non-hydrogen) atoms. The fourth-order valence-electron chi connectivity index (χ4n) is 1.49. The highest BCUT2D eigenvalue weighted by atomic mass is 19.2. The first kappa shape index (κ1) is 13.0. The fourth-order valence-corrected chi connectivity index (χ4v) is 1.49. The maximum Gasteiger partial charge on any atom is 0.298 e. The molecular formula is C10H9F2N5O2. The van der Waals surface area contributed by atoms with Crippen molar-refractivity contribution in [2.24, 2.45) is 5.73 Å². The second-order valence-corrected chi connectivity index (χ2v) is 3.86. The Morgan fingerprint density at radius 2 is 2.16 bits per heavy atom. The Morgan fingerprint density at radius 1 is 1.47 bits per heavy atom. The summed E-state index contributed by atoms with van der Waals surface area (Å²) in [7, 11) is 0. The lowest BCUT2D eigenvalue weighted by atomic mass is 10.2. The van der Waals surface area contributed by atoms with Crippen molar-refractivity contribution >= 4 is 5.69 Å². The molecule has 0 aliphatic rings. The normalized spacial score (nSPS) is 12.4. The third-order valence-electron chi connectivity index (χ3n) is 2.45. The highest BCUT2D eigenvalue weighted by molar-refractivity contribution is 5.53. The molecule has 1 aromatic carbocycles. The molecule has 100 valence electrons. The lowest BCUT2D eigenvalue weighted by Crippen LogP contribution is -2.06. The van der Waals surface area contributed by atoms with Crippen molar-refractivity contribution in [3.63, 3.8) is 0 Å². The van der Waals surface area contributed by atoms with Crippen LogP contribution in [0.3, 0.4) is 0 Å². The average molecular weight is 269 g/mol. The molecule has 1 heterocycles. The number of halogens is 2. The molecule has 2 rings (SSSR count). The molecule has 0 spiro atoms. The number of hydrogen-bond acceptors (Lipinski definition) is 5. The third-order valence-corrected chi connectivity index (χ3v) is 2.45. The minimum absolute atomic E-state index is 0.304. The summed E-state index contributed by atoms with van der Waals surface area (Å²) in [4.78, 5) is 10.0. The van der Waals surface area contributed by atoms with E-state index in [0.29, 0.717) is 11.8 Å². The van der Waals surface area contributed by atoms with Gasteiger partial charge in [0.25, 0.3) is 5.69 Å². The van der Waals surface area contributed by atoms with E-state index in [9.17, 15) is 18.9 Å². The Kier molecular flexibility index (Phi) is 3.21. The van der Waals surface area contributed by atoms with E-state index < -0.39 is 34.0 Å². The largest absolute Gasteiger partial charge is 0.323 e. The molecule has 1 aromatic heterocycles. The number of hydrogen-bond donors (Lipinski definition) is 1. The molecule has 2 aromatic rings. The molecule has 1 atom stereocenters. The predicted molar refractivity (Wildman–Crippen MR) is 60.5 cm³/mol. The predicted octanol–water partition coefficient (Wildman–Crippen LogP) is 1.47. The number of rotatable bonds is 3. The maximum atomic E-state index is 13.7. The van der Waals surface area contributed by atoms with Crippen molar-refractivity contribution in [3.05, 3.63) is 45.8 Å². The van der Waals surface area contributed by atoms with Gasteiger partial charge in [0.15, 0.2) is 17.3 Å². The van der Waals surface area contributed by atoms with Crippen LogP contribution in [0.15, 0.2) is 18.3 Å². The Balaban J connectivity index is 2.65. The van der Waals surface area contributed by atoms with Crippen LogP contribution in [-0.2, 0) is 0 Å². The van der Waals surface area contributed by atoms with Gasteiger partial charge in [-0.3, -0.25) is 10.1 Å². The van der Waals surface area contributed by atoms with Gasteiger partial charge in [-0.1, -0.05) is 5.21 Å². The molecule has 0 fully saturated rings. The van der Waals surface area contributed by atoms with E-state index in [1.807, 2.05) is 0 Å². The molecule has 1 unspecified atom stereocenters. The van der Waals surface area contributed by atoms with Crippen LogP contribution in [0.1, 0.15) is 18.7 Å². The van der Waals surface area contributed by atoms with Gasteiger partial charge in [-0.25, -0.2) is 13.5 Å². The maximum absolute atomic E-state index is 13.7. The highest BCUT2D eigenvalue weighted by Gasteiger charge is 2.24. The first-order valence-corrected chi connectivity index (χ1v) is 5.22. The monoisotopic (exact) mass is 269 g/mol. The Morgan fingerprint density at radius 3 is 2.68 bits per heavy atom. The molecule has 0 saturated carbocycles. The first-order valence-electron chi connectivity index (χ1n) is 5.22. The lowest BCUT2D eigenvalue weighted by molar-refractivity contribution is -0.384. The van der Waals surface area contributed by atoms with Crippen LogP contribution in [0.2, 0.25) is 0 Å². The van der Waals surface area contributed by atoms with Gasteiger partial charge in [-0.15, -0.1) is 5.10 Å².